The summed E-state index contributed by atoms with van der Waals surface area (Å²) < 4.78 is 0. The monoisotopic (exact) mass is 299 g/mol. The molecule has 0 amide bonds. The second kappa shape index (κ2) is 5.50. The molecule has 0 saturated heterocycles. The van der Waals surface area contributed by atoms with Crippen LogP contribution in [0.15, 0.2) is 48.7 Å². The van der Waals surface area contributed by atoms with Crippen LogP contribution in [0.4, 0.5) is 11.4 Å². The molecule has 0 atom stereocenters. The average molecular weight is 300 g/mol. The molecule has 3 rings (SSSR count). The number of fused-ring (bicyclic) bond motifs is 1. The van der Waals surface area contributed by atoms with Crippen LogP contribution in [0.3, 0.4) is 0 Å². The fourth-order valence-corrected chi connectivity index (χ4v) is 2.35. The molecule has 0 fully saturated rings. The van der Waals surface area contributed by atoms with E-state index >= 15 is 0 Å². The predicted octanol–water partition coefficient (Wildman–Crippen LogP) is 3.79. The molecule has 1 heterocycles. The molecular formula is C16H14ClN3O. The molecule has 21 heavy (non-hydrogen) atoms. The molecule has 0 bridgehead atoms. The molecule has 0 aliphatic heterocycles. The third-order valence-corrected chi connectivity index (χ3v) is 3.57. The summed E-state index contributed by atoms with van der Waals surface area (Å²) in [5.41, 5.74) is 7.96. The van der Waals surface area contributed by atoms with Crippen molar-refractivity contribution in [1.29, 1.82) is 0 Å². The van der Waals surface area contributed by atoms with E-state index < -0.39 is 0 Å². The Bertz CT molecular complexity index is 787. The molecule has 3 aromatic rings. The third kappa shape index (κ3) is 2.71. The van der Waals surface area contributed by atoms with Crippen molar-refractivity contribution in [2.45, 2.75) is 6.54 Å². The number of pyridine rings is 1. The number of phenols is 1. The number of hydrogen-bond acceptors (Lipinski definition) is 4. The van der Waals surface area contributed by atoms with E-state index in [9.17, 15) is 5.11 Å². The Labute approximate surface area is 127 Å². The molecule has 1 aromatic heterocycles. The minimum Gasteiger partial charge on any atom is -0.505 e. The van der Waals surface area contributed by atoms with Crippen molar-refractivity contribution in [2.75, 3.05) is 11.1 Å². The second-order valence-electron chi connectivity index (χ2n) is 4.74. The highest BCUT2D eigenvalue weighted by atomic mass is 35.5. The number of aromatic hydroxyl groups is 1. The van der Waals surface area contributed by atoms with E-state index in [1.165, 1.54) is 0 Å². The van der Waals surface area contributed by atoms with Gasteiger partial charge in [-0.05, 0) is 23.6 Å². The van der Waals surface area contributed by atoms with Crippen molar-refractivity contribution >= 4 is 33.7 Å². The van der Waals surface area contributed by atoms with Gasteiger partial charge in [-0.3, -0.25) is 0 Å². The second-order valence-corrected chi connectivity index (χ2v) is 5.13. The van der Waals surface area contributed by atoms with Gasteiger partial charge < -0.3 is 16.2 Å². The summed E-state index contributed by atoms with van der Waals surface area (Å²) in [6.07, 6.45) is 1.64. The summed E-state index contributed by atoms with van der Waals surface area (Å²) in [6, 6.07) is 13.2. The summed E-state index contributed by atoms with van der Waals surface area (Å²) in [7, 11) is 0. The zero-order valence-electron chi connectivity index (χ0n) is 11.2. The number of hydrogen-bond donors (Lipinski definition) is 3. The van der Waals surface area contributed by atoms with Crippen LogP contribution in [0.5, 0.6) is 5.75 Å². The SMILES string of the molecule is Nc1c(O)c(CNc2ccc(Cl)nc2)cc2ccccc12. The molecule has 0 aliphatic rings. The maximum atomic E-state index is 10.2. The largest absolute Gasteiger partial charge is 0.505 e. The summed E-state index contributed by atoms with van der Waals surface area (Å²) in [6.45, 7) is 0.449. The number of nitrogens with two attached hydrogens (primary N) is 1. The topological polar surface area (TPSA) is 71.2 Å². The number of anilines is 2. The summed E-state index contributed by atoms with van der Waals surface area (Å²) >= 11 is 5.74. The molecule has 5 heteroatoms. The number of rotatable bonds is 3. The Kier molecular flexibility index (Phi) is 3.54. The number of phenolic OH excluding ortho intramolecular Hbond substituents is 1. The minimum absolute atomic E-state index is 0.114. The van der Waals surface area contributed by atoms with Gasteiger partial charge in [-0.25, -0.2) is 4.98 Å². The van der Waals surface area contributed by atoms with Gasteiger partial charge in [0.25, 0.3) is 0 Å². The van der Waals surface area contributed by atoms with E-state index in [1.54, 1.807) is 12.3 Å². The first-order valence-corrected chi connectivity index (χ1v) is 6.87. The van der Waals surface area contributed by atoms with Gasteiger partial charge in [0, 0.05) is 17.5 Å². The van der Waals surface area contributed by atoms with Crippen molar-refractivity contribution in [2.24, 2.45) is 0 Å². The molecule has 0 saturated carbocycles. The maximum absolute atomic E-state index is 10.2. The molecule has 0 unspecified atom stereocenters. The molecule has 0 spiro atoms. The van der Waals surface area contributed by atoms with Crippen LogP contribution in [0.25, 0.3) is 10.8 Å². The number of nitrogen functional groups attached to an aromatic ring is 1. The van der Waals surface area contributed by atoms with Crippen LogP contribution < -0.4 is 11.1 Å². The van der Waals surface area contributed by atoms with Gasteiger partial charge in [-0.15, -0.1) is 0 Å². The first kappa shape index (κ1) is 13.5. The van der Waals surface area contributed by atoms with Crippen LogP contribution in [0, 0.1) is 0 Å². The Hall–Kier alpha value is -2.46. The van der Waals surface area contributed by atoms with E-state index in [2.05, 4.69) is 10.3 Å². The van der Waals surface area contributed by atoms with Crippen molar-refractivity contribution < 1.29 is 5.11 Å². The highest BCUT2D eigenvalue weighted by Gasteiger charge is 2.09. The normalized spacial score (nSPS) is 10.7. The van der Waals surface area contributed by atoms with E-state index in [0.29, 0.717) is 17.4 Å². The zero-order chi connectivity index (χ0) is 14.8. The van der Waals surface area contributed by atoms with Gasteiger partial charge in [0.1, 0.15) is 10.9 Å². The Morgan fingerprint density at radius 2 is 2.00 bits per heavy atom. The fraction of sp³-hybridized carbons (Fsp3) is 0.0625. The average Bonchev–Trinajstić information content (AvgIpc) is 2.51. The van der Waals surface area contributed by atoms with Crippen molar-refractivity contribution in [3.63, 3.8) is 0 Å². The maximum Gasteiger partial charge on any atom is 0.144 e. The number of aromatic nitrogens is 1. The van der Waals surface area contributed by atoms with Gasteiger partial charge >= 0.3 is 0 Å². The molecule has 4 nitrogen and oxygen atoms in total. The highest BCUT2D eigenvalue weighted by molar-refractivity contribution is 6.29. The van der Waals surface area contributed by atoms with Crippen LogP contribution in [0.1, 0.15) is 5.56 Å². The molecule has 2 aromatic carbocycles. The van der Waals surface area contributed by atoms with Crippen LogP contribution >= 0.6 is 11.6 Å². The molecule has 106 valence electrons. The lowest BCUT2D eigenvalue weighted by Gasteiger charge is -2.12. The third-order valence-electron chi connectivity index (χ3n) is 3.35. The quantitative estimate of drug-likeness (QED) is 0.391. The summed E-state index contributed by atoms with van der Waals surface area (Å²) in [5, 5.41) is 15.7. The van der Waals surface area contributed by atoms with Crippen molar-refractivity contribution in [3.8, 4) is 5.75 Å². The van der Waals surface area contributed by atoms with Crippen LogP contribution in [-0.2, 0) is 6.54 Å². The highest BCUT2D eigenvalue weighted by Crippen LogP contribution is 2.33. The molecule has 0 aliphatic carbocycles. The standard InChI is InChI=1S/C16H14ClN3O/c17-14-6-5-12(9-20-14)19-8-11-7-10-3-1-2-4-13(10)15(18)16(11)21/h1-7,9,19,21H,8,18H2. The predicted molar refractivity (Wildman–Crippen MR) is 86.6 cm³/mol. The first-order valence-electron chi connectivity index (χ1n) is 6.49. The Morgan fingerprint density at radius 3 is 2.76 bits per heavy atom. The van der Waals surface area contributed by atoms with Gasteiger partial charge in [-0.1, -0.05) is 35.9 Å². The van der Waals surface area contributed by atoms with E-state index in [-0.39, 0.29) is 5.75 Å². The number of nitrogens with one attached hydrogen (secondary N) is 1. The van der Waals surface area contributed by atoms with Crippen LogP contribution in [0.2, 0.25) is 5.15 Å². The van der Waals surface area contributed by atoms with Gasteiger partial charge in [0.2, 0.25) is 0 Å². The van der Waals surface area contributed by atoms with Gasteiger partial charge in [0.05, 0.1) is 17.6 Å². The van der Waals surface area contributed by atoms with Crippen molar-refractivity contribution in [3.05, 3.63) is 59.4 Å². The lowest BCUT2D eigenvalue weighted by atomic mass is 10.0. The van der Waals surface area contributed by atoms with Crippen LogP contribution in [-0.4, -0.2) is 10.1 Å². The van der Waals surface area contributed by atoms with E-state index in [4.69, 9.17) is 17.3 Å². The summed E-state index contributed by atoms with van der Waals surface area (Å²) in [4.78, 5) is 4.00. The van der Waals surface area contributed by atoms with Crippen molar-refractivity contribution in [1.82, 2.24) is 4.98 Å². The number of halogens is 1. The number of nitrogens with zero attached hydrogens (tertiary/aromatic N) is 1. The van der Waals surface area contributed by atoms with E-state index in [1.807, 2.05) is 36.4 Å². The first-order chi connectivity index (χ1) is 10.1. The zero-order valence-corrected chi connectivity index (χ0v) is 11.9. The lowest BCUT2D eigenvalue weighted by Crippen LogP contribution is -2.02. The molecule has 0 radical (unpaired) electrons. The lowest BCUT2D eigenvalue weighted by molar-refractivity contribution is 0.472. The fourth-order valence-electron chi connectivity index (χ4n) is 2.24. The molecule has 4 N–H and O–H groups in total. The number of benzene rings is 2. The summed E-state index contributed by atoms with van der Waals surface area (Å²) in [5.74, 6) is 0.114. The molecular weight excluding hydrogens is 286 g/mol. The Morgan fingerprint density at radius 1 is 1.19 bits per heavy atom. The van der Waals surface area contributed by atoms with Gasteiger partial charge in [0.15, 0.2) is 0 Å². The smallest absolute Gasteiger partial charge is 0.144 e. The van der Waals surface area contributed by atoms with Gasteiger partial charge in [-0.2, -0.15) is 0 Å². The minimum atomic E-state index is 0.114. The van der Waals surface area contributed by atoms with E-state index in [0.717, 1.165) is 22.0 Å². The Balaban J connectivity index is 1.90.